The highest BCUT2D eigenvalue weighted by Crippen LogP contribution is 2.51. The molecule has 0 spiro atoms. The van der Waals surface area contributed by atoms with Crippen molar-refractivity contribution in [3.8, 4) is 0 Å². The molecule has 2 aliphatic rings. The molecule has 0 aromatic carbocycles. The van der Waals surface area contributed by atoms with Crippen LogP contribution >= 0.6 is 0 Å². The molecule has 2 rings (SSSR count). The molecule has 2 N–H and O–H groups in total. The molecular weight excluding hydrogens is 232 g/mol. The fourth-order valence-electron chi connectivity index (χ4n) is 5.06. The lowest BCUT2D eigenvalue weighted by molar-refractivity contribution is 0.0192. The van der Waals surface area contributed by atoms with Crippen LogP contribution in [0.15, 0.2) is 0 Å². The molecule has 112 valence electrons. The van der Waals surface area contributed by atoms with Gasteiger partial charge in [-0.3, -0.25) is 4.90 Å². The van der Waals surface area contributed by atoms with Crippen LogP contribution in [0.1, 0.15) is 72.6 Å². The maximum atomic E-state index is 6.34. The molecule has 19 heavy (non-hydrogen) atoms. The van der Waals surface area contributed by atoms with Crippen molar-refractivity contribution in [3.63, 3.8) is 0 Å². The van der Waals surface area contributed by atoms with Gasteiger partial charge in [-0.25, -0.2) is 0 Å². The van der Waals surface area contributed by atoms with Crippen molar-refractivity contribution in [1.82, 2.24) is 4.90 Å². The van der Waals surface area contributed by atoms with Gasteiger partial charge in [0.1, 0.15) is 0 Å². The molecule has 1 aliphatic heterocycles. The molecule has 0 radical (unpaired) electrons. The molecule has 0 amide bonds. The van der Waals surface area contributed by atoms with E-state index >= 15 is 0 Å². The Morgan fingerprint density at radius 2 is 1.95 bits per heavy atom. The van der Waals surface area contributed by atoms with Gasteiger partial charge in [0.15, 0.2) is 0 Å². The number of rotatable bonds is 3. The molecule has 2 heteroatoms. The van der Waals surface area contributed by atoms with E-state index in [2.05, 4.69) is 32.6 Å². The van der Waals surface area contributed by atoms with E-state index in [1.807, 2.05) is 0 Å². The van der Waals surface area contributed by atoms with Crippen LogP contribution in [0.5, 0.6) is 0 Å². The average molecular weight is 266 g/mol. The van der Waals surface area contributed by atoms with Gasteiger partial charge in [0.2, 0.25) is 0 Å². The molecule has 1 heterocycles. The first-order valence-corrected chi connectivity index (χ1v) is 8.42. The minimum Gasteiger partial charge on any atom is -0.329 e. The Kier molecular flexibility index (Phi) is 4.62. The molecule has 1 saturated carbocycles. The van der Waals surface area contributed by atoms with Crippen molar-refractivity contribution in [2.24, 2.45) is 17.1 Å². The third-order valence-electron chi connectivity index (χ3n) is 5.83. The largest absolute Gasteiger partial charge is 0.329 e. The first kappa shape index (κ1) is 15.3. The summed E-state index contributed by atoms with van der Waals surface area (Å²) >= 11 is 0. The van der Waals surface area contributed by atoms with Crippen LogP contribution in [0.25, 0.3) is 0 Å². The monoisotopic (exact) mass is 266 g/mol. The minimum atomic E-state index is 0.272. The zero-order valence-electron chi connectivity index (χ0n) is 13.5. The predicted octanol–water partition coefficient (Wildman–Crippen LogP) is 3.79. The lowest BCUT2D eigenvalue weighted by atomic mass is 9.83. The van der Waals surface area contributed by atoms with Crippen LogP contribution in [-0.4, -0.2) is 29.6 Å². The Balaban J connectivity index is 2.28. The average Bonchev–Trinajstić information content (AvgIpc) is 2.55. The van der Waals surface area contributed by atoms with Gasteiger partial charge < -0.3 is 5.73 Å². The Morgan fingerprint density at radius 1 is 1.21 bits per heavy atom. The van der Waals surface area contributed by atoms with E-state index in [1.165, 1.54) is 51.5 Å². The fourth-order valence-corrected chi connectivity index (χ4v) is 5.06. The molecule has 0 bridgehead atoms. The normalized spacial score (nSPS) is 40.3. The molecule has 3 unspecified atom stereocenters. The molecule has 2 fully saturated rings. The minimum absolute atomic E-state index is 0.272. The number of nitrogens with zero attached hydrogens (tertiary/aromatic N) is 1. The topological polar surface area (TPSA) is 29.3 Å². The van der Waals surface area contributed by atoms with Gasteiger partial charge in [-0.1, -0.05) is 40.5 Å². The molecule has 2 nitrogen and oxygen atoms in total. The van der Waals surface area contributed by atoms with Gasteiger partial charge in [-0.05, 0) is 50.0 Å². The molecule has 0 aromatic rings. The molecule has 3 atom stereocenters. The van der Waals surface area contributed by atoms with Gasteiger partial charge in [-0.15, -0.1) is 0 Å². The van der Waals surface area contributed by atoms with E-state index in [1.54, 1.807) is 0 Å². The second kappa shape index (κ2) is 5.73. The second-order valence-electron chi connectivity index (χ2n) is 7.86. The van der Waals surface area contributed by atoms with Crippen LogP contribution in [-0.2, 0) is 0 Å². The van der Waals surface area contributed by atoms with Gasteiger partial charge in [0, 0.05) is 18.1 Å². The molecule has 1 aliphatic carbocycles. The van der Waals surface area contributed by atoms with Gasteiger partial charge in [0.25, 0.3) is 0 Å². The van der Waals surface area contributed by atoms with E-state index in [-0.39, 0.29) is 5.54 Å². The first-order valence-electron chi connectivity index (χ1n) is 8.42. The van der Waals surface area contributed by atoms with E-state index in [0.29, 0.717) is 5.41 Å². The summed E-state index contributed by atoms with van der Waals surface area (Å²) in [5.74, 6) is 0.736. The van der Waals surface area contributed by atoms with Crippen molar-refractivity contribution < 1.29 is 0 Å². The van der Waals surface area contributed by atoms with E-state index in [0.717, 1.165) is 18.5 Å². The zero-order valence-corrected chi connectivity index (χ0v) is 13.5. The summed E-state index contributed by atoms with van der Waals surface area (Å²) in [6.07, 6.45) is 9.47. The van der Waals surface area contributed by atoms with Crippen molar-refractivity contribution in [2.75, 3.05) is 13.1 Å². The Labute approximate surface area is 120 Å². The quantitative estimate of drug-likeness (QED) is 0.842. The van der Waals surface area contributed by atoms with Gasteiger partial charge in [0.05, 0.1) is 0 Å². The Morgan fingerprint density at radius 3 is 2.47 bits per heavy atom. The Bertz CT molecular complexity index is 300. The SMILES string of the molecule is CCC1CCCCCN1C1(CN)CC(C)(C)CC1C. The summed E-state index contributed by atoms with van der Waals surface area (Å²) < 4.78 is 0. The lowest BCUT2D eigenvalue weighted by Gasteiger charge is -2.48. The summed E-state index contributed by atoms with van der Waals surface area (Å²) in [4.78, 5) is 2.85. The summed E-state index contributed by atoms with van der Waals surface area (Å²) in [6.45, 7) is 11.8. The highest BCUT2D eigenvalue weighted by molar-refractivity contribution is 5.07. The van der Waals surface area contributed by atoms with Gasteiger partial charge in [-0.2, -0.15) is 0 Å². The summed E-state index contributed by atoms with van der Waals surface area (Å²) in [5, 5.41) is 0. The maximum Gasteiger partial charge on any atom is 0.0365 e. The lowest BCUT2D eigenvalue weighted by Crippen LogP contribution is -2.59. The number of hydrogen-bond acceptors (Lipinski definition) is 2. The summed E-state index contributed by atoms with van der Waals surface area (Å²) in [6, 6.07) is 0.766. The van der Waals surface area contributed by atoms with Crippen molar-refractivity contribution in [2.45, 2.75) is 84.2 Å². The summed E-state index contributed by atoms with van der Waals surface area (Å²) in [5.41, 5.74) is 7.07. The summed E-state index contributed by atoms with van der Waals surface area (Å²) in [7, 11) is 0. The number of hydrogen-bond donors (Lipinski definition) is 1. The molecule has 1 saturated heterocycles. The van der Waals surface area contributed by atoms with E-state index < -0.39 is 0 Å². The standard InChI is InChI=1S/C17H34N2/c1-5-15-9-7-6-8-10-19(15)17(13-18)12-16(3,4)11-14(17)2/h14-15H,5-13,18H2,1-4H3. The predicted molar refractivity (Wildman–Crippen MR) is 83.2 cm³/mol. The van der Waals surface area contributed by atoms with Gasteiger partial charge >= 0.3 is 0 Å². The molecule has 0 aromatic heterocycles. The van der Waals surface area contributed by atoms with E-state index in [4.69, 9.17) is 5.73 Å². The van der Waals surface area contributed by atoms with Crippen LogP contribution in [0.3, 0.4) is 0 Å². The van der Waals surface area contributed by atoms with Crippen LogP contribution in [0.2, 0.25) is 0 Å². The zero-order chi connectivity index (χ0) is 14.1. The van der Waals surface area contributed by atoms with Crippen LogP contribution in [0.4, 0.5) is 0 Å². The number of likely N-dealkylation sites (tertiary alicyclic amines) is 1. The van der Waals surface area contributed by atoms with Crippen molar-refractivity contribution >= 4 is 0 Å². The van der Waals surface area contributed by atoms with Crippen LogP contribution < -0.4 is 5.73 Å². The van der Waals surface area contributed by atoms with Crippen molar-refractivity contribution in [1.29, 1.82) is 0 Å². The third-order valence-corrected chi connectivity index (χ3v) is 5.83. The Hall–Kier alpha value is -0.0800. The smallest absolute Gasteiger partial charge is 0.0365 e. The van der Waals surface area contributed by atoms with E-state index in [9.17, 15) is 0 Å². The highest BCUT2D eigenvalue weighted by Gasteiger charge is 2.52. The third kappa shape index (κ3) is 2.85. The van der Waals surface area contributed by atoms with Crippen LogP contribution in [0, 0.1) is 11.3 Å². The first-order chi connectivity index (χ1) is 8.95. The molecular formula is C17H34N2. The maximum absolute atomic E-state index is 6.34. The highest BCUT2D eigenvalue weighted by atomic mass is 15.2. The fraction of sp³-hybridized carbons (Fsp3) is 1.00. The second-order valence-corrected chi connectivity index (χ2v) is 7.86. The number of nitrogens with two attached hydrogens (primary N) is 1. The van der Waals surface area contributed by atoms with Crippen molar-refractivity contribution in [3.05, 3.63) is 0 Å².